The van der Waals surface area contributed by atoms with Crippen molar-refractivity contribution in [1.82, 2.24) is 19.6 Å². The van der Waals surface area contributed by atoms with Gasteiger partial charge in [-0.15, -0.1) is 0 Å². The number of hydrogen-bond donors (Lipinski definition) is 0. The van der Waals surface area contributed by atoms with E-state index in [0.29, 0.717) is 19.4 Å². The normalized spacial score (nSPS) is 15.3. The second-order valence-corrected chi connectivity index (χ2v) is 13.4. The molecule has 0 spiro atoms. The number of ether oxygens (including phenoxy) is 2. The van der Waals surface area contributed by atoms with Crippen molar-refractivity contribution >= 4 is 30.3 Å². The third kappa shape index (κ3) is 10.6. The number of alkyl halides is 2. The lowest BCUT2D eigenvalue weighted by atomic mass is 10.1. The fourth-order valence-electron chi connectivity index (χ4n) is 4.87. The zero-order chi connectivity index (χ0) is 36.7. The first-order chi connectivity index (χ1) is 22.8. The van der Waals surface area contributed by atoms with E-state index in [4.69, 9.17) is 9.47 Å². The number of nitrogens with zero attached hydrogens (tertiary/aromatic N) is 4. The number of carbonyl (C=O) groups is 5. The van der Waals surface area contributed by atoms with E-state index in [-0.39, 0.29) is 56.0 Å². The molecule has 0 aromatic heterocycles. The van der Waals surface area contributed by atoms with Crippen LogP contribution in [0.1, 0.15) is 84.6 Å². The lowest BCUT2D eigenvalue weighted by Crippen LogP contribution is -2.51. The predicted octanol–water partition coefficient (Wildman–Crippen LogP) is 5.79. The molecule has 4 amide bonds. The molecule has 49 heavy (non-hydrogen) atoms. The third-order valence-corrected chi connectivity index (χ3v) is 7.32. The number of amides is 4. The largest absolute Gasteiger partial charge is 0.444 e. The molecular formula is C34H42F4N4O7. The van der Waals surface area contributed by atoms with Crippen molar-refractivity contribution in [3.8, 4) is 0 Å². The number of carbonyl (C=O) groups excluding carboxylic acids is 5. The van der Waals surface area contributed by atoms with Crippen LogP contribution >= 0.6 is 0 Å². The highest BCUT2D eigenvalue weighted by Gasteiger charge is 2.31. The fourth-order valence-corrected chi connectivity index (χ4v) is 4.87. The molecule has 0 unspecified atom stereocenters. The Labute approximate surface area is 282 Å². The lowest BCUT2D eigenvalue weighted by molar-refractivity contribution is 0.0135. The van der Waals surface area contributed by atoms with Crippen LogP contribution in [0.4, 0.5) is 27.2 Å². The van der Waals surface area contributed by atoms with Crippen LogP contribution < -0.4 is 0 Å². The molecule has 15 heteroatoms. The summed E-state index contributed by atoms with van der Waals surface area (Å²) in [6.45, 7) is 12.6. The molecule has 2 aliphatic heterocycles. The zero-order valence-electron chi connectivity index (χ0n) is 28.4. The second-order valence-electron chi connectivity index (χ2n) is 13.4. The van der Waals surface area contributed by atoms with Crippen LogP contribution in [0.5, 0.6) is 0 Å². The number of rotatable bonds is 4. The number of hydrogen-bond acceptors (Lipinski definition) is 7. The molecule has 11 nitrogen and oxygen atoms in total. The molecule has 2 fully saturated rings. The summed E-state index contributed by atoms with van der Waals surface area (Å²) >= 11 is 0. The number of piperazine rings is 2. The van der Waals surface area contributed by atoms with E-state index in [2.05, 4.69) is 0 Å². The molecule has 2 heterocycles. The first-order valence-electron chi connectivity index (χ1n) is 15.7. The first-order valence-corrected chi connectivity index (χ1v) is 15.7. The molecule has 0 aliphatic carbocycles. The van der Waals surface area contributed by atoms with Crippen molar-refractivity contribution in [3.05, 3.63) is 70.3 Å². The summed E-state index contributed by atoms with van der Waals surface area (Å²) < 4.78 is 64.3. The van der Waals surface area contributed by atoms with Gasteiger partial charge in [-0.3, -0.25) is 14.4 Å². The Hall–Kier alpha value is -4.69. The molecule has 4 rings (SSSR count). The minimum atomic E-state index is -2.99. The van der Waals surface area contributed by atoms with E-state index in [1.807, 2.05) is 0 Å². The molecule has 2 aromatic rings. The first kappa shape index (κ1) is 38.8. The summed E-state index contributed by atoms with van der Waals surface area (Å²) in [6, 6.07) is 7.51. The summed E-state index contributed by atoms with van der Waals surface area (Å²) in [4.78, 5) is 65.4. The minimum absolute atomic E-state index is 0.134. The SMILES string of the molecule is CC(C)(C)OC(=O)N1CCN(C(=O)c2cccc(C(F)F)c2F)CC1.CC(C)(C)OC(=O)N1CCN(C(=O)c2cccc(C=O)c2F)CC1. The predicted molar refractivity (Wildman–Crippen MR) is 171 cm³/mol. The number of halogens is 4. The van der Waals surface area contributed by atoms with Crippen LogP contribution in [0.3, 0.4) is 0 Å². The summed E-state index contributed by atoms with van der Waals surface area (Å²) in [7, 11) is 0. The Bertz CT molecular complexity index is 1530. The molecule has 2 saturated heterocycles. The average Bonchev–Trinajstić information content (AvgIpc) is 3.03. The summed E-state index contributed by atoms with van der Waals surface area (Å²) in [5, 5.41) is 0. The maximum absolute atomic E-state index is 14.1. The minimum Gasteiger partial charge on any atom is -0.444 e. The molecule has 2 aliphatic rings. The zero-order valence-corrected chi connectivity index (χ0v) is 28.4. The van der Waals surface area contributed by atoms with Gasteiger partial charge < -0.3 is 29.1 Å². The van der Waals surface area contributed by atoms with E-state index in [1.54, 1.807) is 41.5 Å². The number of aldehydes is 1. The molecule has 0 N–H and O–H groups in total. The molecule has 2 aromatic carbocycles. The van der Waals surface area contributed by atoms with Crippen molar-refractivity contribution in [3.63, 3.8) is 0 Å². The van der Waals surface area contributed by atoms with Crippen molar-refractivity contribution in [2.24, 2.45) is 0 Å². The van der Waals surface area contributed by atoms with E-state index in [0.717, 1.165) is 6.07 Å². The van der Waals surface area contributed by atoms with Gasteiger partial charge in [0.25, 0.3) is 18.2 Å². The van der Waals surface area contributed by atoms with Crippen LogP contribution in [0, 0.1) is 11.6 Å². The van der Waals surface area contributed by atoms with Gasteiger partial charge in [-0.25, -0.2) is 27.2 Å². The average molecular weight is 695 g/mol. The highest BCUT2D eigenvalue weighted by Crippen LogP contribution is 2.25. The molecular weight excluding hydrogens is 652 g/mol. The Kier molecular flexibility index (Phi) is 12.8. The van der Waals surface area contributed by atoms with Crippen molar-refractivity contribution in [2.45, 2.75) is 59.2 Å². The quantitative estimate of drug-likeness (QED) is 0.294. The molecule has 0 saturated carbocycles. The van der Waals surface area contributed by atoms with Crippen LogP contribution in [-0.4, -0.2) is 113 Å². The Morgan fingerprint density at radius 2 is 1.00 bits per heavy atom. The maximum atomic E-state index is 14.1. The highest BCUT2D eigenvalue weighted by atomic mass is 19.3. The Balaban J connectivity index is 0.000000266. The van der Waals surface area contributed by atoms with Crippen molar-refractivity contribution in [2.75, 3.05) is 52.4 Å². The maximum Gasteiger partial charge on any atom is 0.410 e. The number of benzene rings is 2. The summed E-state index contributed by atoms with van der Waals surface area (Å²) in [5.74, 6) is -3.16. The van der Waals surface area contributed by atoms with E-state index < -0.39 is 58.8 Å². The molecule has 0 radical (unpaired) electrons. The topological polar surface area (TPSA) is 117 Å². The van der Waals surface area contributed by atoms with Gasteiger partial charge in [-0.2, -0.15) is 0 Å². The lowest BCUT2D eigenvalue weighted by Gasteiger charge is -2.35. The van der Waals surface area contributed by atoms with Gasteiger partial charge >= 0.3 is 12.2 Å². The molecule has 268 valence electrons. The van der Waals surface area contributed by atoms with Crippen LogP contribution in [-0.2, 0) is 9.47 Å². The summed E-state index contributed by atoms with van der Waals surface area (Å²) in [5.41, 5.74) is -2.66. The van der Waals surface area contributed by atoms with Gasteiger partial charge in [-0.1, -0.05) is 18.2 Å². The van der Waals surface area contributed by atoms with Gasteiger partial charge in [0.1, 0.15) is 22.8 Å². The molecule has 0 atom stereocenters. The van der Waals surface area contributed by atoms with Gasteiger partial charge in [0.15, 0.2) is 6.29 Å². The van der Waals surface area contributed by atoms with Gasteiger partial charge in [0, 0.05) is 52.4 Å². The third-order valence-electron chi connectivity index (χ3n) is 7.32. The standard InChI is InChI=1S/C17H21F3N2O3.C17H21FN2O4/c1-17(2,3)25-16(24)22-9-7-21(8-10-22)15(23)12-6-4-5-11(13(12)18)14(19)20;1-17(2,3)24-16(23)20-9-7-19(8-10-20)15(22)13-6-4-5-12(11-21)14(13)18/h4-6,14H,7-10H2,1-3H3;4-6,11H,7-10H2,1-3H3. The van der Waals surface area contributed by atoms with E-state index in [1.165, 1.54) is 49.9 Å². The molecule has 0 bridgehead atoms. The monoisotopic (exact) mass is 694 g/mol. The summed E-state index contributed by atoms with van der Waals surface area (Å²) in [6.07, 6.45) is -3.52. The highest BCUT2D eigenvalue weighted by molar-refractivity contribution is 5.96. The van der Waals surface area contributed by atoms with Crippen LogP contribution in [0.2, 0.25) is 0 Å². The van der Waals surface area contributed by atoms with Crippen molar-refractivity contribution in [1.29, 1.82) is 0 Å². The van der Waals surface area contributed by atoms with Crippen LogP contribution in [0.15, 0.2) is 36.4 Å². The van der Waals surface area contributed by atoms with E-state index >= 15 is 0 Å². The van der Waals surface area contributed by atoms with E-state index in [9.17, 15) is 41.5 Å². The van der Waals surface area contributed by atoms with Crippen LogP contribution in [0.25, 0.3) is 0 Å². The second kappa shape index (κ2) is 16.1. The Morgan fingerprint density at radius 1 is 0.633 bits per heavy atom. The van der Waals surface area contributed by atoms with Gasteiger partial charge in [-0.05, 0) is 59.7 Å². The van der Waals surface area contributed by atoms with Gasteiger partial charge in [0.05, 0.1) is 22.3 Å². The van der Waals surface area contributed by atoms with Crippen molar-refractivity contribution < 1.29 is 51.0 Å². The smallest absolute Gasteiger partial charge is 0.410 e. The van der Waals surface area contributed by atoms with Gasteiger partial charge in [0.2, 0.25) is 0 Å². The Morgan fingerprint density at radius 3 is 1.37 bits per heavy atom. The fraction of sp³-hybridized carbons (Fsp3) is 0.500.